The summed E-state index contributed by atoms with van der Waals surface area (Å²) in [5.74, 6) is 0. The summed E-state index contributed by atoms with van der Waals surface area (Å²) in [7, 11) is 1.95. The second-order valence-corrected chi connectivity index (χ2v) is 3.72. The van der Waals surface area contributed by atoms with Gasteiger partial charge < -0.3 is 10.2 Å². The molecule has 0 fully saturated rings. The molecule has 2 rings (SSSR count). The molecule has 1 aliphatic heterocycles. The maximum absolute atomic E-state index is 4.07. The van der Waals surface area contributed by atoms with E-state index in [9.17, 15) is 0 Å². The van der Waals surface area contributed by atoms with Crippen LogP contribution in [0.4, 0.5) is 0 Å². The van der Waals surface area contributed by atoms with Gasteiger partial charge in [-0.25, -0.2) is 0 Å². The summed E-state index contributed by atoms with van der Waals surface area (Å²) in [6.07, 6.45) is 0. The molecule has 74 valence electrons. The molecule has 1 N–H and O–H groups in total. The molecule has 0 aliphatic carbocycles. The molecule has 1 aliphatic rings. The van der Waals surface area contributed by atoms with Crippen LogP contribution >= 0.6 is 0 Å². The van der Waals surface area contributed by atoms with Gasteiger partial charge in [-0.3, -0.25) is 0 Å². The van der Waals surface area contributed by atoms with Crippen LogP contribution in [-0.2, 0) is 13.1 Å². The average Bonchev–Trinajstić information content (AvgIpc) is 2.61. The Kier molecular flexibility index (Phi) is 2.55. The molecule has 0 saturated heterocycles. The SMILES string of the molecule is C=C(CNC)N1Cc2ccccc2C1. The molecule has 1 heterocycles. The van der Waals surface area contributed by atoms with Crippen molar-refractivity contribution in [2.24, 2.45) is 0 Å². The van der Waals surface area contributed by atoms with Crippen LogP contribution in [-0.4, -0.2) is 18.5 Å². The molecular formula is C12H16N2. The van der Waals surface area contributed by atoms with Gasteiger partial charge in [-0.05, 0) is 18.2 Å². The van der Waals surface area contributed by atoms with Crippen LogP contribution in [0.1, 0.15) is 11.1 Å². The Morgan fingerprint density at radius 3 is 2.43 bits per heavy atom. The van der Waals surface area contributed by atoms with E-state index in [0.717, 1.165) is 19.6 Å². The Morgan fingerprint density at radius 2 is 1.93 bits per heavy atom. The lowest BCUT2D eigenvalue weighted by Crippen LogP contribution is -2.23. The molecular weight excluding hydrogens is 172 g/mol. The van der Waals surface area contributed by atoms with Crippen molar-refractivity contribution in [2.45, 2.75) is 13.1 Å². The van der Waals surface area contributed by atoms with Crippen molar-refractivity contribution in [3.63, 3.8) is 0 Å². The Labute approximate surface area is 85.2 Å². The first-order valence-electron chi connectivity index (χ1n) is 4.95. The number of nitrogens with one attached hydrogen (secondary N) is 1. The van der Waals surface area contributed by atoms with Crippen LogP contribution in [0.25, 0.3) is 0 Å². The minimum atomic E-state index is 0.869. The fraction of sp³-hybridized carbons (Fsp3) is 0.333. The maximum atomic E-state index is 4.07. The van der Waals surface area contributed by atoms with Gasteiger partial charge >= 0.3 is 0 Å². The van der Waals surface area contributed by atoms with Crippen LogP contribution in [0.15, 0.2) is 36.5 Å². The van der Waals surface area contributed by atoms with Crippen molar-refractivity contribution in [1.29, 1.82) is 0 Å². The first-order valence-corrected chi connectivity index (χ1v) is 4.95. The van der Waals surface area contributed by atoms with E-state index in [-0.39, 0.29) is 0 Å². The number of nitrogens with zero attached hydrogens (tertiary/aromatic N) is 1. The zero-order chi connectivity index (χ0) is 9.97. The van der Waals surface area contributed by atoms with Gasteiger partial charge in [0.2, 0.25) is 0 Å². The Bertz CT molecular complexity index is 319. The van der Waals surface area contributed by atoms with Crippen LogP contribution in [0, 0.1) is 0 Å². The van der Waals surface area contributed by atoms with Crippen molar-refractivity contribution in [3.05, 3.63) is 47.7 Å². The van der Waals surface area contributed by atoms with Crippen LogP contribution in [0.3, 0.4) is 0 Å². The molecule has 0 radical (unpaired) electrons. The van der Waals surface area contributed by atoms with E-state index in [1.54, 1.807) is 0 Å². The fourth-order valence-electron chi connectivity index (χ4n) is 1.87. The highest BCUT2D eigenvalue weighted by molar-refractivity contribution is 5.31. The summed E-state index contributed by atoms with van der Waals surface area (Å²) in [5.41, 5.74) is 4.04. The highest BCUT2D eigenvalue weighted by atomic mass is 15.2. The third-order valence-electron chi connectivity index (χ3n) is 2.67. The van der Waals surface area contributed by atoms with Gasteiger partial charge in [-0.15, -0.1) is 0 Å². The molecule has 14 heavy (non-hydrogen) atoms. The highest BCUT2D eigenvalue weighted by Crippen LogP contribution is 2.24. The summed E-state index contributed by atoms with van der Waals surface area (Å²) in [5, 5.41) is 3.13. The first kappa shape index (κ1) is 9.28. The lowest BCUT2D eigenvalue weighted by Gasteiger charge is -2.19. The van der Waals surface area contributed by atoms with Crippen molar-refractivity contribution >= 4 is 0 Å². The molecule has 0 amide bonds. The van der Waals surface area contributed by atoms with Crippen LogP contribution in [0.2, 0.25) is 0 Å². The molecule has 2 heteroatoms. The van der Waals surface area contributed by atoms with E-state index in [1.807, 2.05) is 7.05 Å². The van der Waals surface area contributed by atoms with E-state index >= 15 is 0 Å². The summed E-state index contributed by atoms with van der Waals surface area (Å²) in [4.78, 5) is 2.32. The van der Waals surface area contributed by atoms with E-state index in [4.69, 9.17) is 0 Å². The Balaban J connectivity index is 2.08. The van der Waals surface area contributed by atoms with E-state index in [1.165, 1.54) is 16.8 Å². The van der Waals surface area contributed by atoms with Crippen molar-refractivity contribution in [2.75, 3.05) is 13.6 Å². The molecule has 0 aromatic heterocycles. The van der Waals surface area contributed by atoms with Gasteiger partial charge in [0.05, 0.1) is 0 Å². The number of likely N-dealkylation sites (N-methyl/N-ethyl adjacent to an activating group) is 1. The van der Waals surface area contributed by atoms with Gasteiger partial charge in [0.25, 0.3) is 0 Å². The second-order valence-electron chi connectivity index (χ2n) is 3.72. The van der Waals surface area contributed by atoms with Crippen molar-refractivity contribution in [1.82, 2.24) is 10.2 Å². The minimum Gasteiger partial charge on any atom is -0.366 e. The van der Waals surface area contributed by atoms with E-state index in [0.29, 0.717) is 0 Å². The zero-order valence-corrected chi connectivity index (χ0v) is 8.59. The van der Waals surface area contributed by atoms with Crippen LogP contribution in [0.5, 0.6) is 0 Å². The minimum absolute atomic E-state index is 0.869. The van der Waals surface area contributed by atoms with Gasteiger partial charge in [-0.1, -0.05) is 30.8 Å². The molecule has 2 nitrogen and oxygen atoms in total. The molecule has 0 bridgehead atoms. The smallest absolute Gasteiger partial charge is 0.0433 e. The lowest BCUT2D eigenvalue weighted by atomic mass is 10.1. The number of hydrogen-bond donors (Lipinski definition) is 1. The number of fused-ring (bicyclic) bond motifs is 1. The predicted octanol–water partition coefficient (Wildman–Crippen LogP) is 1.74. The van der Waals surface area contributed by atoms with Crippen molar-refractivity contribution < 1.29 is 0 Å². The second kappa shape index (κ2) is 3.84. The van der Waals surface area contributed by atoms with Gasteiger partial charge in [0.1, 0.15) is 0 Å². The Morgan fingerprint density at radius 1 is 1.36 bits per heavy atom. The molecule has 0 saturated carbocycles. The third-order valence-corrected chi connectivity index (χ3v) is 2.67. The normalized spacial score (nSPS) is 14.2. The standard InChI is InChI=1S/C12H16N2/c1-10(7-13-2)14-8-11-5-3-4-6-12(11)9-14/h3-6,13H,1,7-9H2,2H3. The van der Waals surface area contributed by atoms with Gasteiger partial charge in [0, 0.05) is 25.3 Å². The molecule has 1 aromatic carbocycles. The summed E-state index contributed by atoms with van der Waals surface area (Å²) in [6, 6.07) is 8.59. The topological polar surface area (TPSA) is 15.3 Å². The number of benzene rings is 1. The lowest BCUT2D eigenvalue weighted by molar-refractivity contribution is 0.354. The van der Waals surface area contributed by atoms with E-state index in [2.05, 4.69) is 41.1 Å². The third kappa shape index (κ3) is 1.66. The highest BCUT2D eigenvalue weighted by Gasteiger charge is 2.18. The maximum Gasteiger partial charge on any atom is 0.0433 e. The number of hydrogen-bond acceptors (Lipinski definition) is 2. The molecule has 0 unspecified atom stereocenters. The molecule has 0 spiro atoms. The Hall–Kier alpha value is -1.28. The average molecular weight is 188 g/mol. The molecule has 1 aromatic rings. The van der Waals surface area contributed by atoms with Gasteiger partial charge in [0.15, 0.2) is 0 Å². The first-order chi connectivity index (χ1) is 6.81. The van der Waals surface area contributed by atoms with E-state index < -0.39 is 0 Å². The monoisotopic (exact) mass is 188 g/mol. The predicted molar refractivity (Wildman–Crippen MR) is 58.8 cm³/mol. The van der Waals surface area contributed by atoms with Crippen LogP contribution < -0.4 is 5.32 Å². The number of rotatable bonds is 3. The summed E-state index contributed by atoms with van der Waals surface area (Å²) in [6.45, 7) is 6.96. The van der Waals surface area contributed by atoms with Gasteiger partial charge in [-0.2, -0.15) is 0 Å². The quantitative estimate of drug-likeness (QED) is 0.777. The molecule has 0 atom stereocenters. The fourth-order valence-corrected chi connectivity index (χ4v) is 1.87. The summed E-state index contributed by atoms with van der Waals surface area (Å²) < 4.78 is 0. The zero-order valence-electron chi connectivity index (χ0n) is 8.59. The summed E-state index contributed by atoms with van der Waals surface area (Å²) >= 11 is 0. The van der Waals surface area contributed by atoms with Crippen molar-refractivity contribution in [3.8, 4) is 0 Å². The largest absolute Gasteiger partial charge is 0.366 e.